The number of carbonyl (C=O) groups excluding carboxylic acids is 1. The van der Waals surface area contributed by atoms with E-state index in [1.54, 1.807) is 65.1 Å². The summed E-state index contributed by atoms with van der Waals surface area (Å²) in [7, 11) is 6.60. The molecule has 1 aliphatic carbocycles. The molecule has 0 radical (unpaired) electrons. The highest BCUT2D eigenvalue weighted by Gasteiger charge is 2.15. The highest BCUT2D eigenvalue weighted by Crippen LogP contribution is 2.18. The first kappa shape index (κ1) is 31.6. The number of ether oxygens (including phenoxy) is 2. The minimum absolute atomic E-state index is 0.195. The van der Waals surface area contributed by atoms with Crippen molar-refractivity contribution in [3.63, 3.8) is 0 Å². The number of nitrogens with zero attached hydrogens (tertiary/aromatic N) is 1. The molecular weight excluding hydrogens is 416 g/mol. The maximum Gasteiger partial charge on any atom is 0.251 e. The molecule has 0 bridgehead atoms. The Morgan fingerprint density at radius 1 is 1.18 bits per heavy atom. The number of aryl methyl sites for hydroxylation is 1. The van der Waals surface area contributed by atoms with Crippen molar-refractivity contribution in [3.8, 4) is 0 Å². The molecule has 0 spiro atoms. The average Bonchev–Trinajstić information content (AvgIpc) is 3.12. The van der Waals surface area contributed by atoms with E-state index in [1.807, 2.05) is 32.9 Å². The van der Waals surface area contributed by atoms with Crippen LogP contribution in [0, 0.1) is 6.92 Å². The van der Waals surface area contributed by atoms with E-state index in [-0.39, 0.29) is 5.91 Å². The summed E-state index contributed by atoms with van der Waals surface area (Å²) >= 11 is 0. The van der Waals surface area contributed by atoms with Crippen molar-refractivity contribution in [1.29, 1.82) is 0 Å². The van der Waals surface area contributed by atoms with Crippen LogP contribution in [0.25, 0.3) is 5.57 Å². The number of amides is 1. The van der Waals surface area contributed by atoms with Gasteiger partial charge in [0.2, 0.25) is 0 Å². The largest absolute Gasteiger partial charge is 0.497 e. The topological polar surface area (TPSA) is 88.3 Å². The van der Waals surface area contributed by atoms with Gasteiger partial charge in [-0.2, -0.15) is 0 Å². The van der Waals surface area contributed by atoms with Crippen LogP contribution in [0.5, 0.6) is 0 Å². The molecule has 2 rings (SSSR count). The predicted molar refractivity (Wildman–Crippen MR) is 139 cm³/mol. The molecule has 182 valence electrons. The lowest BCUT2D eigenvalue weighted by atomic mass is 10.1. The fraction of sp³-hybridized carbons (Fsp3) is 0.308. The zero-order chi connectivity index (χ0) is 25.6. The first-order valence-electron chi connectivity index (χ1n) is 10.5. The second kappa shape index (κ2) is 20.3. The normalized spacial score (nSPS) is 11.8. The Kier molecular flexibility index (Phi) is 19.5. The Balaban J connectivity index is 0. The third kappa shape index (κ3) is 13.4. The molecule has 1 heterocycles. The Labute approximate surface area is 199 Å². The van der Waals surface area contributed by atoms with E-state index in [0.29, 0.717) is 34.8 Å². The summed E-state index contributed by atoms with van der Waals surface area (Å²) in [5.41, 5.74) is 2.71. The monoisotopic (exact) mass is 456 g/mol. The van der Waals surface area contributed by atoms with Crippen molar-refractivity contribution in [2.75, 3.05) is 28.4 Å². The van der Waals surface area contributed by atoms with Crippen LogP contribution < -0.4 is 10.6 Å². The Hall–Kier alpha value is -3.58. The Bertz CT molecular complexity index is 853. The second-order valence-electron chi connectivity index (χ2n) is 6.15. The summed E-state index contributed by atoms with van der Waals surface area (Å²) in [5.74, 6) is 1.13. The Morgan fingerprint density at radius 2 is 1.79 bits per heavy atom. The molecule has 7 heteroatoms. The summed E-state index contributed by atoms with van der Waals surface area (Å²) in [6.45, 7) is 16.6. The van der Waals surface area contributed by atoms with E-state index in [4.69, 9.17) is 4.74 Å². The number of H-pyrrole nitrogens is 1. The molecule has 0 atom stereocenters. The fourth-order valence-electron chi connectivity index (χ4n) is 2.15. The van der Waals surface area contributed by atoms with Crippen molar-refractivity contribution < 1.29 is 14.3 Å². The summed E-state index contributed by atoms with van der Waals surface area (Å²) in [6, 6.07) is 0. The van der Waals surface area contributed by atoms with Crippen molar-refractivity contribution in [2.45, 2.75) is 27.2 Å². The fourth-order valence-corrected chi connectivity index (χ4v) is 2.15. The van der Waals surface area contributed by atoms with Crippen LogP contribution in [0.2, 0.25) is 0 Å². The molecule has 0 saturated carbocycles. The molecular formula is C26H40N4O3. The van der Waals surface area contributed by atoms with Crippen LogP contribution >= 0.6 is 0 Å². The molecule has 1 aliphatic rings. The quantitative estimate of drug-likeness (QED) is 0.504. The molecule has 1 aromatic heterocycles. The Morgan fingerprint density at radius 3 is 2.24 bits per heavy atom. The first-order chi connectivity index (χ1) is 15.9. The van der Waals surface area contributed by atoms with Gasteiger partial charge in [-0.15, -0.1) is 0 Å². The van der Waals surface area contributed by atoms with E-state index >= 15 is 0 Å². The molecule has 0 unspecified atom stereocenters. The summed E-state index contributed by atoms with van der Waals surface area (Å²) < 4.78 is 9.42. The summed E-state index contributed by atoms with van der Waals surface area (Å²) in [5, 5.41) is 5.80. The third-order valence-corrected chi connectivity index (χ3v) is 3.61. The molecule has 0 aromatic carbocycles. The van der Waals surface area contributed by atoms with Gasteiger partial charge >= 0.3 is 0 Å². The average molecular weight is 457 g/mol. The lowest BCUT2D eigenvalue weighted by Crippen LogP contribution is -2.26. The number of allylic oxidation sites excluding steroid dienone is 7. The highest BCUT2D eigenvalue weighted by atomic mass is 16.5. The minimum Gasteiger partial charge on any atom is -0.497 e. The number of rotatable bonds is 7. The van der Waals surface area contributed by atoms with Gasteiger partial charge in [-0.05, 0) is 31.6 Å². The number of carbonyl (C=O) groups is 1. The van der Waals surface area contributed by atoms with Crippen molar-refractivity contribution in [2.24, 2.45) is 0 Å². The van der Waals surface area contributed by atoms with E-state index < -0.39 is 0 Å². The van der Waals surface area contributed by atoms with Gasteiger partial charge in [-0.1, -0.05) is 51.8 Å². The number of methoxy groups -OCH3 is 2. The van der Waals surface area contributed by atoms with Crippen molar-refractivity contribution in [3.05, 3.63) is 97.1 Å². The first-order valence-corrected chi connectivity index (χ1v) is 10.5. The smallest absolute Gasteiger partial charge is 0.251 e. The van der Waals surface area contributed by atoms with Crippen LogP contribution in [0.4, 0.5) is 0 Å². The highest BCUT2D eigenvalue weighted by molar-refractivity contribution is 5.97. The lowest BCUT2D eigenvalue weighted by molar-refractivity contribution is -0.116. The molecule has 0 aliphatic heterocycles. The second-order valence-corrected chi connectivity index (χ2v) is 6.15. The summed E-state index contributed by atoms with van der Waals surface area (Å²) in [4.78, 5) is 19.9. The number of aromatic amines is 1. The summed E-state index contributed by atoms with van der Waals surface area (Å²) in [6.07, 6.45) is 14.5. The van der Waals surface area contributed by atoms with Gasteiger partial charge in [0.05, 0.1) is 12.8 Å². The maximum atomic E-state index is 12.5. The number of hydrogen-bond donors (Lipinski definition) is 3. The zero-order valence-corrected chi connectivity index (χ0v) is 21.1. The van der Waals surface area contributed by atoms with Crippen molar-refractivity contribution in [1.82, 2.24) is 20.6 Å². The van der Waals surface area contributed by atoms with E-state index in [2.05, 4.69) is 45.1 Å². The molecule has 33 heavy (non-hydrogen) atoms. The van der Waals surface area contributed by atoms with E-state index in [1.165, 1.54) is 0 Å². The number of imidazole rings is 1. The van der Waals surface area contributed by atoms with E-state index in [9.17, 15) is 4.79 Å². The number of aromatic nitrogens is 2. The number of nitrogens with one attached hydrogen (secondary N) is 3. The van der Waals surface area contributed by atoms with Crippen LogP contribution in [0.1, 0.15) is 31.8 Å². The predicted octanol–water partition coefficient (Wildman–Crippen LogP) is 4.97. The molecule has 1 aromatic rings. The van der Waals surface area contributed by atoms with Crippen LogP contribution in [0.3, 0.4) is 0 Å². The van der Waals surface area contributed by atoms with Gasteiger partial charge < -0.3 is 25.1 Å². The van der Waals surface area contributed by atoms with Gasteiger partial charge in [0.1, 0.15) is 11.6 Å². The maximum absolute atomic E-state index is 12.5. The standard InChI is InChI=1S/C18H22N4O2.C4H6.C2H6O.C2H6/c1-12-10-20-17(21-12)13(2)16(11-19-3)22-18(23)14-6-5-7-15(24-4)9-8-14;1-3-4-2;1-3-2;1-2/h5,7-11,19H,2,6H2,1,3-4H3,(H,20,21)(H,22,23);3-4H,1-2H2;1-2H3;1-2H3/b16-11+;;;. The van der Waals surface area contributed by atoms with Gasteiger partial charge in [-0.3, -0.25) is 4.79 Å². The molecule has 0 saturated heterocycles. The molecule has 3 N–H and O–H groups in total. The van der Waals surface area contributed by atoms with E-state index in [0.717, 1.165) is 5.69 Å². The SMILES string of the molecule is C=C(/C(=C\NC)NC(=O)C1=CC=C(OC)C=CC1)c1ncc(C)[nH]1.C=CC=C.CC.COC. The van der Waals surface area contributed by atoms with Gasteiger partial charge in [0.15, 0.2) is 0 Å². The lowest BCUT2D eigenvalue weighted by Gasteiger charge is -2.12. The number of hydrogen-bond acceptors (Lipinski definition) is 5. The van der Waals surface area contributed by atoms with Gasteiger partial charge in [-0.25, -0.2) is 4.98 Å². The zero-order valence-electron chi connectivity index (χ0n) is 21.1. The van der Waals surface area contributed by atoms with Crippen LogP contribution in [-0.2, 0) is 14.3 Å². The molecule has 7 nitrogen and oxygen atoms in total. The van der Waals surface area contributed by atoms with Gasteiger partial charge in [0, 0.05) is 50.5 Å². The van der Waals surface area contributed by atoms with Crippen LogP contribution in [-0.4, -0.2) is 44.3 Å². The molecule has 0 fully saturated rings. The minimum atomic E-state index is -0.195. The van der Waals surface area contributed by atoms with Crippen LogP contribution in [0.15, 0.2) is 85.6 Å². The van der Waals surface area contributed by atoms with Crippen molar-refractivity contribution >= 4 is 11.5 Å². The van der Waals surface area contributed by atoms with Gasteiger partial charge in [0.25, 0.3) is 5.91 Å². The molecule has 1 amide bonds. The third-order valence-electron chi connectivity index (χ3n) is 3.61.